The predicted octanol–water partition coefficient (Wildman–Crippen LogP) is 1.74. The normalized spacial score (nSPS) is 24.0. The van der Waals surface area contributed by atoms with Crippen LogP contribution in [0.2, 0.25) is 10.6 Å². The summed E-state index contributed by atoms with van der Waals surface area (Å²) in [6.45, 7) is 0. The monoisotopic (exact) mass is 432 g/mol. The van der Waals surface area contributed by atoms with Crippen LogP contribution in [-0.4, -0.2) is 48.9 Å². The molecule has 0 atom stereocenters. The van der Waals surface area contributed by atoms with E-state index in [1.54, 1.807) is 23.5 Å². The second-order valence-electron chi connectivity index (χ2n) is 2.90. The van der Waals surface area contributed by atoms with Crippen LogP contribution in [0.15, 0.2) is 0 Å². The van der Waals surface area contributed by atoms with Crippen LogP contribution in [-0.2, 0) is 0 Å². The van der Waals surface area contributed by atoms with Crippen molar-refractivity contribution in [2.45, 2.75) is 49.2 Å². The molecule has 1 heterocycles. The summed E-state index contributed by atoms with van der Waals surface area (Å²) >= 11 is 4.51. The van der Waals surface area contributed by atoms with E-state index >= 15 is 0 Å². The van der Waals surface area contributed by atoms with E-state index in [4.69, 9.17) is 0 Å². The second kappa shape index (κ2) is 9.63. The standard InChI is InChI=1S/C8H16Se4/c1-2-4-6-8-10-12-11-9-7-5-3-1/h1-8H2. The summed E-state index contributed by atoms with van der Waals surface area (Å²) in [6, 6.07) is 0. The van der Waals surface area contributed by atoms with Crippen molar-refractivity contribution in [3.8, 4) is 0 Å². The zero-order chi connectivity index (χ0) is 8.49. The molecule has 0 aromatic heterocycles. The minimum absolute atomic E-state index is 1.11. The summed E-state index contributed by atoms with van der Waals surface area (Å²) in [5.74, 6) is 0. The molecule has 0 radical (unpaired) electrons. The van der Waals surface area contributed by atoms with E-state index in [-0.39, 0.29) is 0 Å². The van der Waals surface area contributed by atoms with E-state index in [0.29, 0.717) is 0 Å². The Hall–Kier alpha value is 2.08. The average Bonchev–Trinajstić information content (AvgIpc) is 2.05. The summed E-state index contributed by atoms with van der Waals surface area (Å²) in [6.07, 6.45) is 9.25. The van der Waals surface area contributed by atoms with E-state index in [0.717, 1.165) is 48.9 Å². The maximum absolute atomic E-state index is 1.62. The molecule has 0 unspecified atom stereocenters. The predicted molar refractivity (Wildman–Crippen MR) is 60.3 cm³/mol. The molecule has 1 aliphatic rings. The molecule has 0 amide bonds. The van der Waals surface area contributed by atoms with Gasteiger partial charge in [0.2, 0.25) is 0 Å². The zero-order valence-corrected chi connectivity index (χ0v) is 14.1. The van der Waals surface area contributed by atoms with E-state index < -0.39 is 0 Å². The zero-order valence-electron chi connectivity index (χ0n) is 7.29. The summed E-state index contributed by atoms with van der Waals surface area (Å²) in [4.78, 5) is 0. The van der Waals surface area contributed by atoms with Gasteiger partial charge in [0, 0.05) is 0 Å². The van der Waals surface area contributed by atoms with Gasteiger partial charge in [0.15, 0.2) is 0 Å². The van der Waals surface area contributed by atoms with Crippen molar-refractivity contribution < 1.29 is 0 Å². The molecule has 0 spiro atoms. The molecule has 0 aromatic carbocycles. The molecule has 1 fully saturated rings. The number of hydrogen-bond acceptors (Lipinski definition) is 0. The van der Waals surface area contributed by atoms with Gasteiger partial charge in [-0.05, 0) is 0 Å². The summed E-state index contributed by atoms with van der Waals surface area (Å²) in [5, 5.41) is 3.23. The van der Waals surface area contributed by atoms with Gasteiger partial charge < -0.3 is 0 Å². The van der Waals surface area contributed by atoms with Gasteiger partial charge in [-0.1, -0.05) is 0 Å². The van der Waals surface area contributed by atoms with Crippen molar-refractivity contribution in [3.05, 3.63) is 0 Å². The molecule has 1 aliphatic heterocycles. The molecule has 4 heteroatoms. The summed E-state index contributed by atoms with van der Waals surface area (Å²) in [5.41, 5.74) is 0. The molecule has 0 nitrogen and oxygen atoms in total. The Balaban J connectivity index is 2.00. The van der Waals surface area contributed by atoms with Gasteiger partial charge in [0.1, 0.15) is 0 Å². The minimum atomic E-state index is 1.11. The third-order valence-corrected chi connectivity index (χ3v) is 41.0. The Labute approximate surface area is 97.1 Å². The van der Waals surface area contributed by atoms with Crippen molar-refractivity contribution >= 4 is 48.9 Å². The summed E-state index contributed by atoms with van der Waals surface area (Å²) < 4.78 is 0. The van der Waals surface area contributed by atoms with Gasteiger partial charge in [0.05, 0.1) is 0 Å². The molecule has 1 saturated heterocycles. The van der Waals surface area contributed by atoms with Crippen molar-refractivity contribution in [2.75, 3.05) is 0 Å². The van der Waals surface area contributed by atoms with Crippen LogP contribution in [0.1, 0.15) is 38.5 Å². The van der Waals surface area contributed by atoms with Gasteiger partial charge >= 0.3 is 98.0 Å². The topological polar surface area (TPSA) is 0 Å². The third-order valence-electron chi connectivity index (χ3n) is 1.83. The van der Waals surface area contributed by atoms with Gasteiger partial charge in [-0.2, -0.15) is 0 Å². The van der Waals surface area contributed by atoms with E-state index in [1.165, 1.54) is 25.7 Å². The fourth-order valence-corrected chi connectivity index (χ4v) is 43.1. The molecule has 12 heavy (non-hydrogen) atoms. The van der Waals surface area contributed by atoms with Gasteiger partial charge in [-0.3, -0.25) is 0 Å². The van der Waals surface area contributed by atoms with E-state index in [9.17, 15) is 0 Å². The van der Waals surface area contributed by atoms with Crippen LogP contribution < -0.4 is 0 Å². The molecule has 0 aliphatic carbocycles. The first-order valence-electron chi connectivity index (χ1n) is 4.58. The molecular weight excluding hydrogens is 412 g/mol. The van der Waals surface area contributed by atoms with E-state index in [1.807, 2.05) is 0 Å². The third kappa shape index (κ3) is 7.48. The maximum atomic E-state index is 1.62. The molecule has 0 aromatic rings. The van der Waals surface area contributed by atoms with Gasteiger partial charge in [-0.15, -0.1) is 0 Å². The van der Waals surface area contributed by atoms with Crippen molar-refractivity contribution in [3.63, 3.8) is 0 Å². The molecular formula is C8H16Se4. The Morgan fingerprint density at radius 3 is 1.42 bits per heavy atom. The van der Waals surface area contributed by atoms with Crippen molar-refractivity contribution in [1.29, 1.82) is 0 Å². The number of hydrogen-bond donors (Lipinski definition) is 0. The first-order valence-corrected chi connectivity index (χ1v) is 20.0. The van der Waals surface area contributed by atoms with Crippen LogP contribution in [0.5, 0.6) is 0 Å². The Morgan fingerprint density at radius 2 is 0.917 bits per heavy atom. The van der Waals surface area contributed by atoms with Crippen molar-refractivity contribution in [1.82, 2.24) is 0 Å². The Morgan fingerprint density at radius 1 is 0.500 bits per heavy atom. The Bertz CT molecular complexity index is 54.0. The Kier molecular flexibility index (Phi) is 9.75. The molecule has 0 bridgehead atoms. The fraction of sp³-hybridized carbons (Fsp3) is 1.00. The SMILES string of the molecule is C1CCCC[Se][Se][Se][Se]CCC1. The molecule has 0 saturated carbocycles. The van der Waals surface area contributed by atoms with Crippen LogP contribution in [0.3, 0.4) is 0 Å². The van der Waals surface area contributed by atoms with Gasteiger partial charge in [-0.25, -0.2) is 0 Å². The first-order chi connectivity index (χ1) is 6.00. The van der Waals surface area contributed by atoms with Crippen LogP contribution in [0.4, 0.5) is 0 Å². The van der Waals surface area contributed by atoms with Gasteiger partial charge in [0.25, 0.3) is 0 Å². The summed E-state index contributed by atoms with van der Waals surface area (Å²) in [7, 11) is 0. The van der Waals surface area contributed by atoms with Crippen LogP contribution in [0.25, 0.3) is 0 Å². The van der Waals surface area contributed by atoms with Crippen molar-refractivity contribution in [2.24, 2.45) is 0 Å². The second-order valence-corrected chi connectivity index (χ2v) is 29.7. The fourth-order valence-electron chi connectivity index (χ4n) is 1.14. The first kappa shape index (κ1) is 12.1. The molecule has 72 valence electrons. The quantitative estimate of drug-likeness (QED) is 0.516. The molecule has 0 N–H and O–H groups in total. The van der Waals surface area contributed by atoms with Crippen LogP contribution in [0, 0.1) is 0 Å². The number of rotatable bonds is 0. The van der Waals surface area contributed by atoms with E-state index in [2.05, 4.69) is 0 Å². The molecule has 1 rings (SSSR count). The van der Waals surface area contributed by atoms with Crippen LogP contribution >= 0.6 is 0 Å². The average molecular weight is 428 g/mol.